The number of nitrogens with zero attached hydrogens (tertiary/aromatic N) is 7. The van der Waals surface area contributed by atoms with E-state index in [9.17, 15) is 10.1 Å². The molecule has 4 aliphatic rings. The fourth-order valence-corrected chi connectivity index (χ4v) is 7.32. The molecule has 0 radical (unpaired) electrons. The molecule has 0 bridgehead atoms. The number of carbonyl (C=O) groups is 1. The lowest BCUT2D eigenvalue weighted by Gasteiger charge is -2.43. The molecule has 9 heteroatoms. The van der Waals surface area contributed by atoms with Crippen molar-refractivity contribution in [3.8, 4) is 12.1 Å². The van der Waals surface area contributed by atoms with Crippen LogP contribution < -0.4 is 14.5 Å². The molecule has 3 fully saturated rings. The van der Waals surface area contributed by atoms with Crippen LogP contribution in [0.3, 0.4) is 0 Å². The van der Waals surface area contributed by atoms with Gasteiger partial charge in [-0.2, -0.15) is 15.2 Å². The summed E-state index contributed by atoms with van der Waals surface area (Å²) in [5.74, 6) is 0.763. The van der Waals surface area contributed by atoms with Crippen LogP contribution in [0.1, 0.15) is 43.4 Å². The minimum atomic E-state index is -0.220. The number of likely N-dealkylation sites (tertiary alicyclic amines) is 1. The lowest BCUT2D eigenvalue weighted by atomic mass is 9.88. The fourth-order valence-electron chi connectivity index (χ4n) is 7.32. The second-order valence-electron chi connectivity index (χ2n) is 12.2. The number of nitriles is 1. The van der Waals surface area contributed by atoms with E-state index < -0.39 is 0 Å². The highest BCUT2D eigenvalue weighted by atomic mass is 16.5. The Labute approximate surface area is 253 Å². The van der Waals surface area contributed by atoms with Crippen LogP contribution in [-0.4, -0.2) is 83.1 Å². The van der Waals surface area contributed by atoms with Crippen molar-refractivity contribution in [3.63, 3.8) is 0 Å². The Bertz CT molecular complexity index is 1550. The van der Waals surface area contributed by atoms with Gasteiger partial charge in [0.05, 0.1) is 30.8 Å². The van der Waals surface area contributed by atoms with Gasteiger partial charge in [-0.25, -0.2) is 0 Å². The number of hydrogen-bond donors (Lipinski definition) is 0. The molecular formula is C34H39N7O2. The van der Waals surface area contributed by atoms with Gasteiger partial charge in [-0.3, -0.25) is 4.79 Å². The zero-order valence-corrected chi connectivity index (χ0v) is 24.7. The van der Waals surface area contributed by atoms with E-state index in [1.54, 1.807) is 4.90 Å². The van der Waals surface area contributed by atoms with Crippen LogP contribution in [0.2, 0.25) is 0 Å². The van der Waals surface area contributed by atoms with Gasteiger partial charge in [0.15, 0.2) is 0 Å². The van der Waals surface area contributed by atoms with Crippen LogP contribution in [0.15, 0.2) is 55.1 Å². The molecule has 0 N–H and O–H groups in total. The quantitative estimate of drug-likeness (QED) is 0.384. The van der Waals surface area contributed by atoms with Crippen molar-refractivity contribution in [2.24, 2.45) is 0 Å². The average Bonchev–Trinajstić information content (AvgIpc) is 3.56. The molecule has 2 saturated heterocycles. The van der Waals surface area contributed by atoms with E-state index in [0.29, 0.717) is 38.2 Å². The van der Waals surface area contributed by atoms with Crippen LogP contribution in [0.5, 0.6) is 6.01 Å². The second kappa shape index (κ2) is 11.8. The van der Waals surface area contributed by atoms with Gasteiger partial charge in [-0.05, 0) is 49.9 Å². The first-order chi connectivity index (χ1) is 21.1. The number of aromatic nitrogens is 2. The van der Waals surface area contributed by atoms with Crippen molar-refractivity contribution in [1.82, 2.24) is 19.8 Å². The first-order valence-electron chi connectivity index (χ1n) is 15.7. The lowest BCUT2D eigenvalue weighted by molar-refractivity contribution is -0.128. The van der Waals surface area contributed by atoms with Crippen LogP contribution in [0.25, 0.3) is 10.8 Å². The van der Waals surface area contributed by atoms with Gasteiger partial charge in [0, 0.05) is 61.7 Å². The number of fused-ring (bicyclic) bond motifs is 2. The fraction of sp³-hybridized carbons (Fsp3) is 0.471. The number of carbonyl (C=O) groups excluding carboxylic acids is 1. The molecule has 43 heavy (non-hydrogen) atoms. The summed E-state index contributed by atoms with van der Waals surface area (Å²) in [4.78, 5) is 31.7. The highest BCUT2D eigenvalue weighted by Crippen LogP contribution is 2.36. The third kappa shape index (κ3) is 5.40. The van der Waals surface area contributed by atoms with Crippen LogP contribution in [0.4, 0.5) is 11.5 Å². The highest BCUT2D eigenvalue weighted by Gasteiger charge is 2.38. The maximum Gasteiger partial charge on any atom is 0.318 e. The summed E-state index contributed by atoms with van der Waals surface area (Å²) in [5.41, 5.74) is 3.35. The molecule has 0 unspecified atom stereocenters. The van der Waals surface area contributed by atoms with E-state index in [4.69, 9.17) is 14.7 Å². The summed E-state index contributed by atoms with van der Waals surface area (Å²) in [7, 11) is 0. The van der Waals surface area contributed by atoms with E-state index in [0.717, 1.165) is 42.9 Å². The maximum atomic E-state index is 12.6. The van der Waals surface area contributed by atoms with Crippen molar-refractivity contribution in [1.29, 1.82) is 5.26 Å². The summed E-state index contributed by atoms with van der Waals surface area (Å²) in [6, 6.07) is 18.1. The van der Waals surface area contributed by atoms with Crippen molar-refractivity contribution in [2.45, 2.75) is 63.3 Å². The minimum absolute atomic E-state index is 0.127. The normalized spacial score (nSPS) is 23.9. The molecule has 4 heterocycles. The molecule has 7 rings (SSSR count). The van der Waals surface area contributed by atoms with Gasteiger partial charge in [-0.15, -0.1) is 0 Å². The number of ether oxygens (including phenoxy) is 1. The van der Waals surface area contributed by atoms with Gasteiger partial charge < -0.3 is 24.3 Å². The molecule has 222 valence electrons. The third-order valence-electron chi connectivity index (χ3n) is 9.70. The number of anilines is 2. The van der Waals surface area contributed by atoms with Crippen molar-refractivity contribution >= 4 is 28.2 Å². The first kappa shape index (κ1) is 27.7. The molecule has 9 nitrogen and oxygen atoms in total. The monoisotopic (exact) mass is 577 g/mol. The van der Waals surface area contributed by atoms with E-state index in [-0.39, 0.29) is 24.5 Å². The molecule has 1 atom stereocenters. The molecular weight excluding hydrogens is 538 g/mol. The standard InChI is InChI=1S/C34H39N7O2/c1-2-32(42)41-19-18-40(22-25(41)12-14-35)33-29-13-17-39(31-11-7-9-24-8-3-4-10-28(24)31)23-30(29)36-34(37-33)43-27-20-26(21-27)38-15-5-6-16-38/h2-4,7-11,25-27H,1,5-6,12-13,15-23H2/t25-,26?,27?/m0/s1. The van der Waals surface area contributed by atoms with E-state index in [2.05, 4.69) is 69.8 Å². The van der Waals surface area contributed by atoms with Gasteiger partial charge in [0.1, 0.15) is 11.9 Å². The van der Waals surface area contributed by atoms with Crippen LogP contribution in [0, 0.1) is 11.3 Å². The summed E-state index contributed by atoms with van der Waals surface area (Å²) in [6.07, 6.45) is 7.17. The van der Waals surface area contributed by atoms with Gasteiger partial charge in [0.2, 0.25) is 5.91 Å². The van der Waals surface area contributed by atoms with Crippen LogP contribution >= 0.6 is 0 Å². The van der Waals surface area contributed by atoms with E-state index in [1.165, 1.54) is 48.5 Å². The van der Waals surface area contributed by atoms with Gasteiger partial charge >= 0.3 is 6.01 Å². The van der Waals surface area contributed by atoms with E-state index in [1.807, 2.05) is 0 Å². The molecule has 0 spiro atoms. The number of rotatable bonds is 7. The van der Waals surface area contributed by atoms with Gasteiger partial charge in [-0.1, -0.05) is 43.0 Å². The molecule has 1 aliphatic carbocycles. The molecule has 2 aromatic carbocycles. The zero-order valence-electron chi connectivity index (χ0n) is 24.7. The van der Waals surface area contributed by atoms with Crippen molar-refractivity contribution in [2.75, 3.05) is 49.1 Å². The SMILES string of the molecule is C=CC(=O)N1CCN(c2nc(OC3CC(N4CCCC4)C3)nc3c2CCN(c2cccc4ccccc24)C3)C[C@@H]1CC#N. The molecule has 1 aromatic heterocycles. The summed E-state index contributed by atoms with van der Waals surface area (Å²) in [5, 5.41) is 12.0. The Kier molecular flexibility index (Phi) is 7.62. The summed E-state index contributed by atoms with van der Waals surface area (Å²) in [6.45, 7) is 9.30. The van der Waals surface area contributed by atoms with Crippen molar-refractivity contribution < 1.29 is 9.53 Å². The largest absolute Gasteiger partial charge is 0.460 e. The third-order valence-corrected chi connectivity index (χ3v) is 9.70. The first-order valence-corrected chi connectivity index (χ1v) is 15.7. The highest BCUT2D eigenvalue weighted by molar-refractivity contribution is 5.94. The maximum absolute atomic E-state index is 12.6. The molecule has 1 saturated carbocycles. The summed E-state index contributed by atoms with van der Waals surface area (Å²) < 4.78 is 6.48. The Balaban J connectivity index is 1.18. The number of benzene rings is 2. The number of piperazine rings is 1. The Morgan fingerprint density at radius 1 is 1.02 bits per heavy atom. The van der Waals surface area contributed by atoms with Crippen molar-refractivity contribution in [3.05, 3.63) is 66.4 Å². The zero-order chi connectivity index (χ0) is 29.3. The summed E-state index contributed by atoms with van der Waals surface area (Å²) >= 11 is 0. The lowest BCUT2D eigenvalue weighted by Crippen LogP contribution is -2.55. The number of amides is 1. The topological polar surface area (TPSA) is 88.8 Å². The Morgan fingerprint density at radius 2 is 1.84 bits per heavy atom. The smallest absolute Gasteiger partial charge is 0.318 e. The predicted molar refractivity (Wildman–Crippen MR) is 167 cm³/mol. The molecule has 1 amide bonds. The van der Waals surface area contributed by atoms with Crippen LogP contribution in [-0.2, 0) is 17.8 Å². The second-order valence-corrected chi connectivity index (χ2v) is 12.2. The number of hydrogen-bond acceptors (Lipinski definition) is 8. The van der Waals surface area contributed by atoms with Gasteiger partial charge in [0.25, 0.3) is 0 Å². The molecule has 3 aliphatic heterocycles. The predicted octanol–water partition coefficient (Wildman–Crippen LogP) is 4.31. The average molecular weight is 578 g/mol. The minimum Gasteiger partial charge on any atom is -0.460 e. The Morgan fingerprint density at radius 3 is 2.65 bits per heavy atom. The molecule has 3 aromatic rings. The Hall–Kier alpha value is -4.16. The van der Waals surface area contributed by atoms with E-state index >= 15 is 0 Å².